The van der Waals surface area contributed by atoms with Crippen molar-refractivity contribution in [1.29, 1.82) is 0 Å². The highest BCUT2D eigenvalue weighted by molar-refractivity contribution is 5.87. The summed E-state index contributed by atoms with van der Waals surface area (Å²) in [6.45, 7) is 1.03. The van der Waals surface area contributed by atoms with Crippen molar-refractivity contribution in [1.82, 2.24) is 19.7 Å². The van der Waals surface area contributed by atoms with Crippen molar-refractivity contribution in [2.75, 3.05) is 18.6 Å². The SMILES string of the molecule is COC(=O)Cn1ncc2c(N3CCCC[C@@H]3CCc3ccccc3)ncnc21. The van der Waals surface area contributed by atoms with Crippen molar-refractivity contribution < 1.29 is 9.53 Å². The van der Waals surface area contributed by atoms with Crippen LogP contribution < -0.4 is 4.90 Å². The number of ether oxygens (including phenoxy) is 1. The summed E-state index contributed by atoms with van der Waals surface area (Å²) in [6.07, 6.45) is 9.03. The van der Waals surface area contributed by atoms with Gasteiger partial charge in [0.05, 0.1) is 18.7 Å². The summed E-state index contributed by atoms with van der Waals surface area (Å²) in [5, 5.41) is 5.23. The molecule has 1 atom stereocenters. The highest BCUT2D eigenvalue weighted by atomic mass is 16.5. The van der Waals surface area contributed by atoms with E-state index in [1.54, 1.807) is 17.2 Å². The maximum atomic E-state index is 11.6. The molecule has 28 heavy (non-hydrogen) atoms. The first-order valence-corrected chi connectivity index (χ1v) is 9.80. The van der Waals surface area contributed by atoms with Gasteiger partial charge in [-0.05, 0) is 37.7 Å². The second-order valence-electron chi connectivity index (χ2n) is 7.18. The van der Waals surface area contributed by atoms with Crippen LogP contribution in [0.4, 0.5) is 5.82 Å². The molecule has 1 aliphatic heterocycles. The Morgan fingerprint density at radius 3 is 2.89 bits per heavy atom. The van der Waals surface area contributed by atoms with Crippen LogP contribution in [0.5, 0.6) is 0 Å². The predicted molar refractivity (Wildman–Crippen MR) is 107 cm³/mol. The third kappa shape index (κ3) is 3.83. The number of rotatable bonds is 6. The van der Waals surface area contributed by atoms with Crippen LogP contribution in [0.25, 0.3) is 11.0 Å². The Kier molecular flexibility index (Phi) is 5.50. The van der Waals surface area contributed by atoms with Gasteiger partial charge in [-0.3, -0.25) is 4.79 Å². The molecular weight excluding hydrogens is 354 g/mol. The number of esters is 1. The summed E-state index contributed by atoms with van der Waals surface area (Å²) >= 11 is 0. The van der Waals surface area contributed by atoms with E-state index in [4.69, 9.17) is 4.74 Å². The van der Waals surface area contributed by atoms with Crippen LogP contribution in [-0.2, 0) is 22.5 Å². The second-order valence-corrected chi connectivity index (χ2v) is 7.18. The van der Waals surface area contributed by atoms with Crippen molar-refractivity contribution in [3.8, 4) is 0 Å². The fraction of sp³-hybridized carbons (Fsp3) is 0.429. The first-order valence-electron chi connectivity index (χ1n) is 9.80. The van der Waals surface area contributed by atoms with Gasteiger partial charge in [0.15, 0.2) is 5.65 Å². The number of aryl methyl sites for hydroxylation is 1. The fourth-order valence-corrected chi connectivity index (χ4v) is 3.97. The Balaban J connectivity index is 1.58. The number of piperidine rings is 1. The monoisotopic (exact) mass is 379 g/mol. The van der Waals surface area contributed by atoms with Crippen LogP contribution in [-0.4, -0.2) is 45.4 Å². The average molecular weight is 379 g/mol. The number of methoxy groups -OCH3 is 1. The topological polar surface area (TPSA) is 73.1 Å². The van der Waals surface area contributed by atoms with E-state index in [9.17, 15) is 4.79 Å². The second kappa shape index (κ2) is 8.37. The van der Waals surface area contributed by atoms with Gasteiger partial charge in [-0.25, -0.2) is 14.6 Å². The molecule has 1 saturated heterocycles. The third-order valence-corrected chi connectivity index (χ3v) is 5.43. The van der Waals surface area contributed by atoms with Gasteiger partial charge in [-0.2, -0.15) is 5.10 Å². The number of hydrogen-bond donors (Lipinski definition) is 0. The summed E-state index contributed by atoms with van der Waals surface area (Å²) in [5.74, 6) is 0.572. The first kappa shape index (κ1) is 18.4. The zero-order valence-electron chi connectivity index (χ0n) is 16.1. The lowest BCUT2D eigenvalue weighted by atomic mass is 9.95. The Hall–Kier alpha value is -2.96. The molecule has 0 N–H and O–H groups in total. The molecule has 0 spiro atoms. The van der Waals surface area contributed by atoms with Crippen LogP contribution in [0.15, 0.2) is 42.9 Å². The van der Waals surface area contributed by atoms with Crippen molar-refractivity contribution in [2.24, 2.45) is 0 Å². The summed E-state index contributed by atoms with van der Waals surface area (Å²) in [7, 11) is 1.37. The van der Waals surface area contributed by atoms with E-state index in [1.165, 1.54) is 19.1 Å². The third-order valence-electron chi connectivity index (χ3n) is 5.43. The van der Waals surface area contributed by atoms with Gasteiger partial charge < -0.3 is 9.64 Å². The number of benzene rings is 1. The Morgan fingerprint density at radius 2 is 2.07 bits per heavy atom. The Labute approximate surface area is 164 Å². The zero-order valence-corrected chi connectivity index (χ0v) is 16.1. The van der Waals surface area contributed by atoms with Gasteiger partial charge in [-0.1, -0.05) is 30.3 Å². The van der Waals surface area contributed by atoms with Gasteiger partial charge >= 0.3 is 5.97 Å². The lowest BCUT2D eigenvalue weighted by Gasteiger charge is -2.37. The minimum absolute atomic E-state index is 0.0495. The zero-order chi connectivity index (χ0) is 19.3. The van der Waals surface area contributed by atoms with Gasteiger partial charge in [0.2, 0.25) is 0 Å². The molecule has 1 fully saturated rings. The van der Waals surface area contributed by atoms with Crippen molar-refractivity contribution >= 4 is 22.8 Å². The van der Waals surface area contributed by atoms with E-state index in [-0.39, 0.29) is 12.5 Å². The largest absolute Gasteiger partial charge is 0.468 e. The van der Waals surface area contributed by atoms with E-state index in [0.29, 0.717) is 11.7 Å². The number of hydrogen-bond acceptors (Lipinski definition) is 6. The molecule has 0 amide bonds. The number of anilines is 1. The lowest BCUT2D eigenvalue weighted by molar-refractivity contribution is -0.141. The van der Waals surface area contributed by atoms with E-state index < -0.39 is 0 Å². The molecule has 7 heteroatoms. The molecule has 3 aromatic rings. The maximum Gasteiger partial charge on any atom is 0.327 e. The molecular formula is C21H25N5O2. The molecule has 3 heterocycles. The standard InChI is InChI=1S/C21H25N5O2/c1-28-19(27)14-26-21-18(13-24-26)20(22-15-23-21)25-12-6-5-9-17(25)11-10-16-7-3-2-4-8-16/h2-4,7-8,13,15,17H,5-6,9-12,14H2,1H3/t17-/m1/s1. The smallest absolute Gasteiger partial charge is 0.327 e. The molecule has 0 saturated carbocycles. The fourth-order valence-electron chi connectivity index (χ4n) is 3.97. The van der Waals surface area contributed by atoms with Crippen LogP contribution in [0.1, 0.15) is 31.2 Å². The number of aromatic nitrogens is 4. The van der Waals surface area contributed by atoms with Gasteiger partial charge in [0, 0.05) is 12.6 Å². The predicted octanol–water partition coefficient (Wildman–Crippen LogP) is 2.99. The number of carbonyl (C=O) groups is 1. The van der Waals surface area contributed by atoms with Crippen molar-refractivity contribution in [2.45, 2.75) is 44.7 Å². The first-order chi connectivity index (χ1) is 13.8. The molecule has 7 nitrogen and oxygen atoms in total. The van der Waals surface area contributed by atoms with Crippen LogP contribution >= 0.6 is 0 Å². The van der Waals surface area contributed by atoms with E-state index in [0.717, 1.165) is 43.4 Å². The summed E-state index contributed by atoms with van der Waals surface area (Å²) in [6, 6.07) is 11.1. The minimum atomic E-state index is -0.344. The molecule has 4 rings (SSSR count). The molecule has 1 aromatic carbocycles. The lowest BCUT2D eigenvalue weighted by Crippen LogP contribution is -2.40. The number of carbonyl (C=O) groups excluding carboxylic acids is 1. The molecule has 0 radical (unpaired) electrons. The number of nitrogens with zero attached hydrogens (tertiary/aromatic N) is 5. The number of fused-ring (bicyclic) bond motifs is 1. The van der Waals surface area contributed by atoms with Gasteiger partial charge in [-0.15, -0.1) is 0 Å². The van der Waals surface area contributed by atoms with Crippen LogP contribution in [0.3, 0.4) is 0 Å². The maximum absolute atomic E-state index is 11.6. The highest BCUT2D eigenvalue weighted by Gasteiger charge is 2.26. The van der Waals surface area contributed by atoms with Crippen molar-refractivity contribution in [3.63, 3.8) is 0 Å². The average Bonchev–Trinajstić information content (AvgIpc) is 3.16. The van der Waals surface area contributed by atoms with Gasteiger partial charge in [0.25, 0.3) is 0 Å². The minimum Gasteiger partial charge on any atom is -0.468 e. The summed E-state index contributed by atoms with van der Waals surface area (Å²) in [4.78, 5) is 23.0. The van der Waals surface area contributed by atoms with E-state index >= 15 is 0 Å². The van der Waals surface area contributed by atoms with E-state index in [1.807, 2.05) is 0 Å². The Bertz CT molecular complexity index is 940. The van der Waals surface area contributed by atoms with Crippen molar-refractivity contribution in [3.05, 3.63) is 48.4 Å². The normalized spacial score (nSPS) is 17.0. The Morgan fingerprint density at radius 1 is 1.21 bits per heavy atom. The quantitative estimate of drug-likeness (QED) is 0.613. The van der Waals surface area contributed by atoms with Gasteiger partial charge in [0.1, 0.15) is 18.7 Å². The highest BCUT2D eigenvalue weighted by Crippen LogP contribution is 2.30. The van der Waals surface area contributed by atoms with E-state index in [2.05, 4.69) is 50.3 Å². The molecule has 2 aromatic heterocycles. The summed E-state index contributed by atoms with van der Waals surface area (Å²) < 4.78 is 6.34. The molecule has 146 valence electrons. The molecule has 0 bridgehead atoms. The molecule has 1 aliphatic rings. The molecule has 0 aliphatic carbocycles. The van der Waals surface area contributed by atoms with Crippen LogP contribution in [0, 0.1) is 0 Å². The van der Waals surface area contributed by atoms with Crippen LogP contribution in [0.2, 0.25) is 0 Å². The summed E-state index contributed by atoms with van der Waals surface area (Å²) in [5.41, 5.74) is 2.04. The molecule has 0 unspecified atom stereocenters.